The summed E-state index contributed by atoms with van der Waals surface area (Å²) < 4.78 is 0. The molecule has 0 aliphatic heterocycles. The third-order valence-corrected chi connectivity index (χ3v) is 4.64. The summed E-state index contributed by atoms with van der Waals surface area (Å²) in [7, 11) is 0. The summed E-state index contributed by atoms with van der Waals surface area (Å²) in [5.41, 5.74) is 4.32. The highest BCUT2D eigenvalue weighted by Crippen LogP contribution is 2.23. The Morgan fingerprint density at radius 1 is 1.04 bits per heavy atom. The monoisotopic (exact) mass is 353 g/mol. The molecule has 0 saturated carbocycles. The molecule has 1 aliphatic rings. The third kappa shape index (κ3) is 4.59. The molecule has 0 atom stereocenters. The van der Waals surface area contributed by atoms with E-state index in [1.165, 1.54) is 30.0 Å². The van der Waals surface area contributed by atoms with E-state index < -0.39 is 4.92 Å². The van der Waals surface area contributed by atoms with Gasteiger partial charge in [0.1, 0.15) is 5.69 Å². The smallest absolute Gasteiger partial charge is 0.292 e. The summed E-state index contributed by atoms with van der Waals surface area (Å²) in [5, 5.41) is 16.8. The summed E-state index contributed by atoms with van der Waals surface area (Å²) in [6, 6.07) is 12.8. The molecule has 3 rings (SSSR count). The summed E-state index contributed by atoms with van der Waals surface area (Å²) in [6.07, 6.45) is 5.07. The number of anilines is 1. The molecule has 0 spiro atoms. The average Bonchev–Trinajstić information content (AvgIpc) is 2.65. The molecule has 26 heavy (non-hydrogen) atoms. The molecule has 0 unspecified atom stereocenters. The van der Waals surface area contributed by atoms with E-state index in [9.17, 15) is 14.9 Å². The molecule has 6 heteroatoms. The summed E-state index contributed by atoms with van der Waals surface area (Å²) in [6.45, 7) is 0.844. The fraction of sp³-hybridized carbons (Fsp3) is 0.350. The maximum Gasteiger partial charge on any atom is 0.292 e. The van der Waals surface area contributed by atoms with E-state index in [-0.39, 0.29) is 11.6 Å². The van der Waals surface area contributed by atoms with Crippen molar-refractivity contribution in [1.82, 2.24) is 5.32 Å². The molecule has 1 amide bonds. The first kappa shape index (κ1) is 17.9. The number of rotatable bonds is 7. The molecule has 2 aromatic carbocycles. The fourth-order valence-corrected chi connectivity index (χ4v) is 3.33. The van der Waals surface area contributed by atoms with E-state index in [1.54, 1.807) is 18.2 Å². The lowest BCUT2D eigenvalue weighted by Crippen LogP contribution is -2.30. The van der Waals surface area contributed by atoms with Crippen LogP contribution >= 0.6 is 0 Å². The first-order chi connectivity index (χ1) is 12.6. The van der Waals surface area contributed by atoms with Crippen LogP contribution in [0.15, 0.2) is 42.5 Å². The van der Waals surface area contributed by atoms with Gasteiger partial charge in [0.25, 0.3) is 5.69 Å². The normalized spacial score (nSPS) is 12.9. The number of carbonyl (C=O) groups excluding carboxylic acids is 1. The van der Waals surface area contributed by atoms with Crippen LogP contribution < -0.4 is 10.6 Å². The Balaban J connectivity index is 1.46. The third-order valence-electron chi connectivity index (χ3n) is 4.64. The number of fused-ring (bicyclic) bond motifs is 1. The average molecular weight is 353 g/mol. The molecule has 6 nitrogen and oxygen atoms in total. The van der Waals surface area contributed by atoms with Crippen molar-refractivity contribution < 1.29 is 9.72 Å². The molecule has 0 fully saturated rings. The van der Waals surface area contributed by atoms with Crippen molar-refractivity contribution in [2.75, 3.05) is 18.4 Å². The van der Waals surface area contributed by atoms with Gasteiger partial charge in [-0.1, -0.05) is 30.3 Å². The Morgan fingerprint density at radius 3 is 2.62 bits per heavy atom. The van der Waals surface area contributed by atoms with Gasteiger partial charge in [-0.25, -0.2) is 0 Å². The van der Waals surface area contributed by atoms with Crippen LogP contribution in [0.4, 0.5) is 11.4 Å². The second kappa shape index (κ2) is 8.47. The number of amides is 1. The molecule has 0 radical (unpaired) electrons. The van der Waals surface area contributed by atoms with Crippen molar-refractivity contribution in [3.63, 3.8) is 0 Å². The topological polar surface area (TPSA) is 84.3 Å². The summed E-state index contributed by atoms with van der Waals surface area (Å²) in [5.74, 6) is -0.0369. The van der Waals surface area contributed by atoms with Crippen molar-refractivity contribution in [1.29, 1.82) is 0 Å². The molecule has 0 bridgehead atoms. The van der Waals surface area contributed by atoms with Gasteiger partial charge in [-0.3, -0.25) is 14.9 Å². The first-order valence-electron chi connectivity index (χ1n) is 8.98. The minimum absolute atomic E-state index is 0.0351. The molecule has 0 saturated heterocycles. The molecule has 1 aliphatic carbocycles. The highest BCUT2D eigenvalue weighted by Gasteiger charge is 2.12. The van der Waals surface area contributed by atoms with E-state index in [4.69, 9.17) is 0 Å². The highest BCUT2D eigenvalue weighted by atomic mass is 16.6. The first-order valence-corrected chi connectivity index (χ1v) is 8.98. The maximum absolute atomic E-state index is 12.1. The summed E-state index contributed by atoms with van der Waals surface area (Å²) >= 11 is 0. The standard InChI is InChI=1S/C20H23N3O3/c24-20(14-15-9-10-16-5-1-2-6-17(16)13-15)22-12-11-21-18-7-3-4-8-19(18)23(25)26/h3-4,7-10,13,21H,1-2,5-6,11-12,14H2,(H,22,24). The lowest BCUT2D eigenvalue weighted by Gasteiger charge is -2.16. The number of aryl methyl sites for hydroxylation is 2. The Hall–Kier alpha value is -2.89. The van der Waals surface area contributed by atoms with Crippen LogP contribution in [0.25, 0.3) is 0 Å². The second-order valence-corrected chi connectivity index (χ2v) is 6.54. The molecule has 2 N–H and O–H groups in total. The van der Waals surface area contributed by atoms with Crippen LogP contribution in [0.3, 0.4) is 0 Å². The Bertz CT molecular complexity index is 805. The van der Waals surface area contributed by atoms with Crippen LogP contribution in [0, 0.1) is 10.1 Å². The fourth-order valence-electron chi connectivity index (χ4n) is 3.33. The summed E-state index contributed by atoms with van der Waals surface area (Å²) in [4.78, 5) is 22.7. The maximum atomic E-state index is 12.1. The van der Waals surface area contributed by atoms with Crippen LogP contribution in [-0.2, 0) is 24.1 Å². The molecular weight excluding hydrogens is 330 g/mol. The molecule has 0 aromatic heterocycles. The Kier molecular flexibility index (Phi) is 5.84. The van der Waals surface area contributed by atoms with E-state index in [1.807, 2.05) is 6.07 Å². The van der Waals surface area contributed by atoms with Crippen LogP contribution in [0.1, 0.15) is 29.5 Å². The van der Waals surface area contributed by atoms with Gasteiger partial charge in [0.2, 0.25) is 5.91 Å². The van der Waals surface area contributed by atoms with E-state index >= 15 is 0 Å². The number of para-hydroxylation sites is 2. The number of benzene rings is 2. The van der Waals surface area contributed by atoms with Gasteiger partial charge in [0.15, 0.2) is 0 Å². The molecular formula is C20H23N3O3. The Labute approximate surface area is 152 Å². The predicted molar refractivity (Wildman–Crippen MR) is 101 cm³/mol. The second-order valence-electron chi connectivity index (χ2n) is 6.54. The predicted octanol–water partition coefficient (Wildman–Crippen LogP) is 3.24. The minimum Gasteiger partial charge on any atom is -0.378 e. The van der Waals surface area contributed by atoms with Gasteiger partial charge < -0.3 is 10.6 Å². The number of carbonyl (C=O) groups is 1. The molecule has 2 aromatic rings. The minimum atomic E-state index is -0.420. The molecule has 136 valence electrons. The van der Waals surface area contributed by atoms with Crippen molar-refractivity contribution >= 4 is 17.3 Å². The van der Waals surface area contributed by atoms with Crippen molar-refractivity contribution in [2.24, 2.45) is 0 Å². The Morgan fingerprint density at radius 2 is 1.81 bits per heavy atom. The lowest BCUT2D eigenvalue weighted by atomic mass is 9.90. The van der Waals surface area contributed by atoms with Crippen LogP contribution in [0.2, 0.25) is 0 Å². The zero-order chi connectivity index (χ0) is 18.4. The van der Waals surface area contributed by atoms with Gasteiger partial charge in [-0.05, 0) is 48.4 Å². The quantitative estimate of drug-likeness (QED) is 0.455. The van der Waals surface area contributed by atoms with Gasteiger partial charge >= 0.3 is 0 Å². The number of nitrogens with one attached hydrogen (secondary N) is 2. The van der Waals surface area contributed by atoms with Crippen LogP contribution in [-0.4, -0.2) is 23.9 Å². The number of nitro benzene ring substituents is 1. The van der Waals surface area contributed by atoms with Gasteiger partial charge in [-0.15, -0.1) is 0 Å². The number of hydrogen-bond donors (Lipinski definition) is 2. The highest BCUT2D eigenvalue weighted by molar-refractivity contribution is 5.78. The van der Waals surface area contributed by atoms with E-state index in [0.29, 0.717) is 25.2 Å². The largest absolute Gasteiger partial charge is 0.378 e. The van der Waals surface area contributed by atoms with E-state index in [2.05, 4.69) is 22.8 Å². The van der Waals surface area contributed by atoms with Gasteiger partial charge in [0.05, 0.1) is 11.3 Å². The van der Waals surface area contributed by atoms with Gasteiger partial charge in [-0.2, -0.15) is 0 Å². The SMILES string of the molecule is O=C(Cc1ccc2c(c1)CCCC2)NCCNc1ccccc1[N+](=O)[O-]. The van der Waals surface area contributed by atoms with Gasteiger partial charge in [0, 0.05) is 19.2 Å². The molecule has 0 heterocycles. The van der Waals surface area contributed by atoms with Crippen molar-refractivity contribution in [2.45, 2.75) is 32.1 Å². The zero-order valence-corrected chi connectivity index (χ0v) is 14.7. The van der Waals surface area contributed by atoms with Crippen molar-refractivity contribution in [3.8, 4) is 0 Å². The van der Waals surface area contributed by atoms with E-state index in [0.717, 1.165) is 18.4 Å². The lowest BCUT2D eigenvalue weighted by molar-refractivity contribution is -0.384. The zero-order valence-electron chi connectivity index (χ0n) is 14.7. The van der Waals surface area contributed by atoms with Crippen molar-refractivity contribution in [3.05, 3.63) is 69.3 Å². The number of nitro groups is 1. The van der Waals surface area contributed by atoms with Crippen LogP contribution in [0.5, 0.6) is 0 Å². The number of hydrogen-bond acceptors (Lipinski definition) is 4. The number of nitrogens with zero attached hydrogens (tertiary/aromatic N) is 1.